The largest absolute Gasteiger partial charge is 0.455 e. The first-order chi connectivity index (χ1) is 17.4. The summed E-state index contributed by atoms with van der Waals surface area (Å²) in [5.74, 6) is 0.545. The van der Waals surface area contributed by atoms with Crippen LogP contribution in [0.25, 0.3) is 0 Å². The van der Waals surface area contributed by atoms with Crippen LogP contribution in [0.4, 0.5) is 0 Å². The Kier molecular flexibility index (Phi) is 14.3. The highest BCUT2D eigenvalue weighted by Crippen LogP contribution is 2.19. The van der Waals surface area contributed by atoms with Crippen molar-refractivity contribution in [2.24, 2.45) is 0 Å². The molecule has 0 heterocycles. The Labute approximate surface area is 220 Å². The predicted molar refractivity (Wildman–Crippen MR) is 150 cm³/mol. The van der Waals surface area contributed by atoms with Crippen LogP contribution in [0.3, 0.4) is 0 Å². The van der Waals surface area contributed by atoms with E-state index in [1.807, 2.05) is 18.2 Å². The van der Waals surface area contributed by atoms with Crippen LogP contribution >= 0.6 is 0 Å². The molecule has 0 aromatic heterocycles. The van der Waals surface area contributed by atoms with E-state index in [4.69, 9.17) is 9.47 Å². The molecule has 4 heteroatoms. The Morgan fingerprint density at radius 2 is 1.42 bits per heavy atom. The van der Waals surface area contributed by atoms with Crippen molar-refractivity contribution in [3.63, 3.8) is 0 Å². The minimum atomic E-state index is -0.602. The van der Waals surface area contributed by atoms with Crippen LogP contribution < -0.4 is 4.74 Å². The Balaban J connectivity index is 1.62. The molecule has 200 valence electrons. The summed E-state index contributed by atoms with van der Waals surface area (Å²) in [6.45, 7) is 5.66. The number of quaternary nitrogens is 1. The maximum atomic E-state index is 12.4. The summed E-state index contributed by atoms with van der Waals surface area (Å²) in [4.78, 5) is 12.4. The molecule has 36 heavy (non-hydrogen) atoms. The van der Waals surface area contributed by atoms with Crippen LogP contribution in [-0.2, 0) is 22.5 Å². The molecule has 0 saturated heterocycles. The van der Waals surface area contributed by atoms with E-state index in [2.05, 4.69) is 57.4 Å². The van der Waals surface area contributed by atoms with Gasteiger partial charge in [-0.2, -0.15) is 0 Å². The zero-order chi connectivity index (χ0) is 26.1. The number of esters is 1. The number of aryl methyl sites for hydroxylation is 1. The Bertz CT molecular complexity index is 849. The second kappa shape index (κ2) is 17.2. The van der Waals surface area contributed by atoms with Gasteiger partial charge >= 0.3 is 5.97 Å². The number of benzene rings is 2. The fraction of sp³-hybridized carbons (Fsp3) is 0.594. The molecule has 0 fully saturated rings. The van der Waals surface area contributed by atoms with Gasteiger partial charge in [-0.1, -0.05) is 107 Å². The number of hydrogen-bond acceptors (Lipinski definition) is 3. The molecular formula is C32H50NO3+. The molecule has 1 unspecified atom stereocenters. The lowest BCUT2D eigenvalue weighted by atomic mass is 10.0. The van der Waals surface area contributed by atoms with Crippen molar-refractivity contribution in [1.29, 1.82) is 0 Å². The number of rotatable bonds is 19. The zero-order valence-electron chi connectivity index (χ0n) is 23.3. The van der Waals surface area contributed by atoms with Crippen molar-refractivity contribution < 1.29 is 18.8 Å². The first kappa shape index (κ1) is 29.9. The number of hydrogen-bond donors (Lipinski definition) is 0. The molecule has 0 N–H and O–H groups in total. The van der Waals surface area contributed by atoms with Crippen molar-refractivity contribution in [1.82, 2.24) is 0 Å². The smallest absolute Gasteiger partial charge is 0.314 e. The fourth-order valence-corrected chi connectivity index (χ4v) is 4.60. The normalized spacial score (nSPS) is 12.3. The van der Waals surface area contributed by atoms with Crippen LogP contribution in [0.15, 0.2) is 54.6 Å². The first-order valence-electron chi connectivity index (χ1n) is 14.2. The molecule has 0 radical (unpaired) electrons. The molecule has 0 aliphatic heterocycles. The molecule has 0 spiro atoms. The minimum Gasteiger partial charge on any atom is -0.455 e. The van der Waals surface area contributed by atoms with Crippen molar-refractivity contribution in [2.75, 3.05) is 20.6 Å². The lowest BCUT2D eigenvalue weighted by Crippen LogP contribution is -2.40. The summed E-state index contributed by atoms with van der Waals surface area (Å²) in [7, 11) is 4.28. The number of unbranched alkanes of at least 4 members (excludes halogenated alkanes) is 9. The molecule has 4 nitrogen and oxygen atoms in total. The summed E-state index contributed by atoms with van der Waals surface area (Å²) in [5, 5.41) is 0. The summed E-state index contributed by atoms with van der Waals surface area (Å²) in [6, 6.07) is 18.6. The Morgan fingerprint density at radius 3 is 2.08 bits per heavy atom. The summed E-state index contributed by atoms with van der Waals surface area (Å²) >= 11 is 0. The minimum absolute atomic E-state index is 0.219. The number of ether oxygens (including phenoxy) is 2. The third-order valence-corrected chi connectivity index (χ3v) is 6.69. The van der Waals surface area contributed by atoms with Crippen molar-refractivity contribution >= 4 is 5.97 Å². The highest BCUT2D eigenvalue weighted by Gasteiger charge is 2.20. The third-order valence-electron chi connectivity index (χ3n) is 6.69. The molecule has 2 aromatic carbocycles. The van der Waals surface area contributed by atoms with Crippen molar-refractivity contribution in [2.45, 2.75) is 104 Å². The average molecular weight is 497 g/mol. The van der Waals surface area contributed by atoms with Crippen LogP contribution in [0.2, 0.25) is 0 Å². The van der Waals surface area contributed by atoms with E-state index >= 15 is 0 Å². The van der Waals surface area contributed by atoms with Gasteiger partial charge in [-0.15, -0.1) is 0 Å². The molecule has 0 aliphatic carbocycles. The van der Waals surface area contributed by atoms with E-state index in [1.165, 1.54) is 75.3 Å². The molecule has 0 saturated carbocycles. The predicted octanol–water partition coefficient (Wildman–Crippen LogP) is 8.08. The van der Waals surface area contributed by atoms with Gasteiger partial charge in [0.1, 0.15) is 12.3 Å². The maximum Gasteiger partial charge on any atom is 0.314 e. The summed E-state index contributed by atoms with van der Waals surface area (Å²) < 4.78 is 12.2. The third kappa shape index (κ3) is 13.7. The quantitative estimate of drug-likeness (QED) is 0.0853. The molecule has 0 amide bonds. The van der Waals surface area contributed by atoms with Crippen molar-refractivity contribution in [3.05, 3.63) is 65.7 Å². The van der Waals surface area contributed by atoms with Gasteiger partial charge in [-0.25, -0.2) is 0 Å². The van der Waals surface area contributed by atoms with Crippen LogP contribution in [0.1, 0.15) is 95.6 Å². The van der Waals surface area contributed by atoms with E-state index < -0.39 is 6.29 Å². The molecule has 0 bridgehead atoms. The second-order valence-corrected chi connectivity index (χ2v) is 10.8. The SMILES string of the molecule is CCCCCCCCCCCCc1cccc(OC(C)OC(=O)CC[N+](C)(C)Cc2ccccc2)c1. The lowest BCUT2D eigenvalue weighted by molar-refractivity contribution is -0.903. The summed E-state index contributed by atoms with van der Waals surface area (Å²) in [5.41, 5.74) is 2.55. The topological polar surface area (TPSA) is 35.5 Å². The van der Waals surface area contributed by atoms with Gasteiger partial charge in [0.2, 0.25) is 6.29 Å². The van der Waals surface area contributed by atoms with Gasteiger partial charge in [0, 0.05) is 12.5 Å². The maximum absolute atomic E-state index is 12.4. The van der Waals surface area contributed by atoms with Gasteiger partial charge in [-0.3, -0.25) is 4.79 Å². The average Bonchev–Trinajstić information content (AvgIpc) is 2.84. The van der Waals surface area contributed by atoms with Gasteiger partial charge in [0.05, 0.1) is 27.1 Å². The van der Waals surface area contributed by atoms with Gasteiger partial charge < -0.3 is 14.0 Å². The Morgan fingerprint density at radius 1 is 0.806 bits per heavy atom. The van der Waals surface area contributed by atoms with Crippen LogP contribution in [-0.4, -0.2) is 37.4 Å². The van der Waals surface area contributed by atoms with E-state index in [0.717, 1.165) is 29.7 Å². The fourth-order valence-electron chi connectivity index (χ4n) is 4.60. The number of nitrogens with zero attached hydrogens (tertiary/aromatic N) is 1. The lowest BCUT2D eigenvalue weighted by Gasteiger charge is -2.29. The van der Waals surface area contributed by atoms with Crippen LogP contribution in [0.5, 0.6) is 5.75 Å². The van der Waals surface area contributed by atoms with Gasteiger partial charge in [0.15, 0.2) is 0 Å². The Hall–Kier alpha value is -2.33. The van der Waals surface area contributed by atoms with E-state index in [-0.39, 0.29) is 5.97 Å². The van der Waals surface area contributed by atoms with E-state index in [0.29, 0.717) is 6.42 Å². The zero-order valence-corrected chi connectivity index (χ0v) is 23.3. The van der Waals surface area contributed by atoms with Crippen LogP contribution in [0, 0.1) is 0 Å². The standard InChI is InChI=1S/C32H50NO3/c1-5-6-7-8-9-10-11-12-13-15-19-29-22-18-23-31(26-29)35-28(2)36-32(34)24-25-33(3,4)27-30-20-16-14-17-21-30/h14,16-18,20-23,26,28H,5-13,15,19,24-25,27H2,1-4H3/q+1. The number of carbonyl (C=O) groups excluding carboxylic acids is 1. The highest BCUT2D eigenvalue weighted by atomic mass is 16.7. The molecule has 2 aromatic rings. The monoisotopic (exact) mass is 496 g/mol. The second-order valence-electron chi connectivity index (χ2n) is 10.8. The first-order valence-corrected chi connectivity index (χ1v) is 14.2. The molecule has 2 rings (SSSR count). The molecule has 1 atom stereocenters. The highest BCUT2D eigenvalue weighted by molar-refractivity contribution is 5.69. The summed E-state index contributed by atoms with van der Waals surface area (Å²) in [6.07, 6.45) is 14.3. The van der Waals surface area contributed by atoms with Gasteiger partial charge in [-0.05, 0) is 30.5 Å². The van der Waals surface area contributed by atoms with E-state index in [9.17, 15) is 4.79 Å². The van der Waals surface area contributed by atoms with E-state index in [1.54, 1.807) is 6.92 Å². The molecule has 0 aliphatic rings. The number of carbonyl (C=O) groups is 1. The molecular weight excluding hydrogens is 446 g/mol. The van der Waals surface area contributed by atoms with Crippen molar-refractivity contribution in [3.8, 4) is 5.75 Å². The van der Waals surface area contributed by atoms with Gasteiger partial charge in [0.25, 0.3) is 0 Å².